The highest BCUT2D eigenvalue weighted by Crippen LogP contribution is 2.24. The Morgan fingerprint density at radius 1 is 1.22 bits per heavy atom. The Labute approximate surface area is 132 Å². The summed E-state index contributed by atoms with van der Waals surface area (Å²) in [5.74, 6) is 0.750. The highest BCUT2D eigenvalue weighted by atomic mass is 19.1. The molecule has 1 aromatic carbocycles. The van der Waals surface area contributed by atoms with Crippen molar-refractivity contribution in [1.82, 2.24) is 19.5 Å². The molecular weight excluding hydrogens is 297 g/mol. The van der Waals surface area contributed by atoms with Crippen molar-refractivity contribution in [3.05, 3.63) is 36.4 Å². The van der Waals surface area contributed by atoms with Crippen LogP contribution in [-0.4, -0.2) is 32.6 Å². The molecule has 23 heavy (non-hydrogen) atoms. The molecule has 0 saturated carbocycles. The quantitative estimate of drug-likeness (QED) is 0.645. The number of nitrogens with zero attached hydrogens (tertiary/aromatic N) is 4. The van der Waals surface area contributed by atoms with E-state index in [0.29, 0.717) is 30.4 Å². The second kappa shape index (κ2) is 6.57. The highest BCUT2D eigenvalue weighted by molar-refractivity contribution is 5.86. The summed E-state index contributed by atoms with van der Waals surface area (Å²) in [6, 6.07) is 6.07. The first kappa shape index (κ1) is 15.2. The zero-order chi connectivity index (χ0) is 16.2. The average molecular weight is 315 g/mol. The summed E-state index contributed by atoms with van der Waals surface area (Å²) in [6.45, 7) is 3.82. The lowest BCUT2D eigenvalue weighted by Crippen LogP contribution is -2.15. The van der Waals surface area contributed by atoms with Gasteiger partial charge < -0.3 is 20.9 Å². The number of anilines is 3. The predicted octanol–water partition coefficient (Wildman–Crippen LogP) is 2.10. The summed E-state index contributed by atoms with van der Waals surface area (Å²) in [5, 5.41) is 6.24. The fraction of sp³-hybridized carbons (Fsp3) is 0.267. The monoisotopic (exact) mass is 315 g/mol. The van der Waals surface area contributed by atoms with Crippen molar-refractivity contribution in [2.24, 2.45) is 5.73 Å². The van der Waals surface area contributed by atoms with E-state index in [9.17, 15) is 4.39 Å². The van der Waals surface area contributed by atoms with Gasteiger partial charge in [-0.1, -0.05) is 0 Å². The molecule has 0 unspecified atom stereocenters. The molecule has 0 amide bonds. The number of rotatable bonds is 6. The maximum atomic E-state index is 13.0. The van der Waals surface area contributed by atoms with Gasteiger partial charge in [-0.15, -0.1) is 0 Å². The van der Waals surface area contributed by atoms with Gasteiger partial charge in [-0.3, -0.25) is 0 Å². The van der Waals surface area contributed by atoms with Crippen molar-refractivity contribution < 1.29 is 4.39 Å². The van der Waals surface area contributed by atoms with E-state index in [1.807, 2.05) is 11.5 Å². The molecule has 0 radical (unpaired) electrons. The topological polar surface area (TPSA) is 93.7 Å². The molecule has 7 nitrogen and oxygen atoms in total. The van der Waals surface area contributed by atoms with Crippen LogP contribution in [0.15, 0.2) is 30.6 Å². The number of aryl methyl sites for hydroxylation is 1. The lowest BCUT2D eigenvalue weighted by Gasteiger charge is -2.10. The predicted molar refractivity (Wildman–Crippen MR) is 88.2 cm³/mol. The van der Waals surface area contributed by atoms with Gasteiger partial charge in [0.25, 0.3) is 0 Å². The van der Waals surface area contributed by atoms with Crippen LogP contribution in [0.1, 0.15) is 6.92 Å². The molecule has 2 heterocycles. The Morgan fingerprint density at radius 3 is 2.70 bits per heavy atom. The molecule has 3 rings (SSSR count). The van der Waals surface area contributed by atoms with Crippen molar-refractivity contribution >= 4 is 28.6 Å². The van der Waals surface area contributed by atoms with Gasteiger partial charge in [0, 0.05) is 25.3 Å². The van der Waals surface area contributed by atoms with Crippen LogP contribution < -0.4 is 16.4 Å². The van der Waals surface area contributed by atoms with Crippen LogP contribution in [0.25, 0.3) is 11.2 Å². The van der Waals surface area contributed by atoms with Crippen LogP contribution in [0.3, 0.4) is 0 Å². The summed E-state index contributed by atoms with van der Waals surface area (Å²) in [6.07, 6.45) is 1.72. The third kappa shape index (κ3) is 3.21. The van der Waals surface area contributed by atoms with Gasteiger partial charge >= 0.3 is 0 Å². The van der Waals surface area contributed by atoms with Crippen LogP contribution in [0, 0.1) is 5.82 Å². The van der Waals surface area contributed by atoms with Gasteiger partial charge in [-0.05, 0) is 31.2 Å². The Morgan fingerprint density at radius 2 is 2.00 bits per heavy atom. The fourth-order valence-electron chi connectivity index (χ4n) is 2.20. The molecule has 0 fully saturated rings. The lowest BCUT2D eigenvalue weighted by atomic mass is 10.3. The number of hydrogen-bond acceptors (Lipinski definition) is 6. The minimum Gasteiger partial charge on any atom is -0.353 e. The first-order valence-corrected chi connectivity index (χ1v) is 7.40. The number of fused-ring (bicyclic) bond motifs is 1. The van der Waals surface area contributed by atoms with E-state index in [4.69, 9.17) is 5.73 Å². The van der Waals surface area contributed by atoms with Crippen LogP contribution in [-0.2, 0) is 6.54 Å². The minimum atomic E-state index is -0.288. The minimum absolute atomic E-state index is 0.288. The van der Waals surface area contributed by atoms with Gasteiger partial charge in [0.2, 0.25) is 5.95 Å². The molecule has 8 heteroatoms. The van der Waals surface area contributed by atoms with E-state index in [0.717, 1.165) is 17.9 Å². The van der Waals surface area contributed by atoms with Gasteiger partial charge in [-0.25, -0.2) is 9.37 Å². The molecule has 0 aliphatic rings. The molecule has 0 aliphatic carbocycles. The van der Waals surface area contributed by atoms with Gasteiger partial charge in [0.15, 0.2) is 17.0 Å². The van der Waals surface area contributed by atoms with E-state index >= 15 is 0 Å². The summed E-state index contributed by atoms with van der Waals surface area (Å²) >= 11 is 0. The van der Waals surface area contributed by atoms with Crippen LogP contribution in [0.5, 0.6) is 0 Å². The molecule has 0 atom stereocenters. The third-order valence-corrected chi connectivity index (χ3v) is 3.34. The van der Waals surface area contributed by atoms with Crippen molar-refractivity contribution in [2.45, 2.75) is 13.5 Å². The normalized spacial score (nSPS) is 10.9. The van der Waals surface area contributed by atoms with Crippen molar-refractivity contribution in [3.8, 4) is 0 Å². The SMILES string of the molecule is CCn1cnc2c(Nc3ccc(F)cc3)nc(NCCN)nc21. The smallest absolute Gasteiger partial charge is 0.226 e. The highest BCUT2D eigenvalue weighted by Gasteiger charge is 2.13. The maximum Gasteiger partial charge on any atom is 0.226 e. The van der Waals surface area contributed by atoms with E-state index < -0.39 is 0 Å². The molecule has 4 N–H and O–H groups in total. The largest absolute Gasteiger partial charge is 0.353 e. The fourth-order valence-corrected chi connectivity index (χ4v) is 2.20. The zero-order valence-corrected chi connectivity index (χ0v) is 12.8. The number of hydrogen-bond donors (Lipinski definition) is 3. The number of benzene rings is 1. The first-order chi connectivity index (χ1) is 11.2. The Balaban J connectivity index is 2.02. The molecule has 120 valence electrons. The molecule has 3 aromatic rings. The summed E-state index contributed by atoms with van der Waals surface area (Å²) in [7, 11) is 0. The maximum absolute atomic E-state index is 13.0. The van der Waals surface area contributed by atoms with Gasteiger partial charge in [0.05, 0.1) is 6.33 Å². The number of imidazole rings is 1. The Hall–Kier alpha value is -2.74. The number of halogens is 1. The molecular formula is C15H18FN7. The molecule has 0 saturated heterocycles. The molecule has 2 aromatic heterocycles. The third-order valence-electron chi connectivity index (χ3n) is 3.34. The van der Waals surface area contributed by atoms with Crippen molar-refractivity contribution in [1.29, 1.82) is 0 Å². The van der Waals surface area contributed by atoms with Crippen molar-refractivity contribution in [2.75, 3.05) is 23.7 Å². The second-order valence-corrected chi connectivity index (χ2v) is 4.95. The zero-order valence-electron chi connectivity index (χ0n) is 12.8. The number of nitrogens with two attached hydrogens (primary N) is 1. The molecule has 0 bridgehead atoms. The van der Waals surface area contributed by atoms with E-state index in [-0.39, 0.29) is 5.82 Å². The summed E-state index contributed by atoms with van der Waals surface area (Å²) < 4.78 is 15.0. The van der Waals surface area contributed by atoms with Crippen LogP contribution in [0.4, 0.5) is 21.8 Å². The average Bonchev–Trinajstić information content (AvgIpc) is 2.98. The van der Waals surface area contributed by atoms with Crippen molar-refractivity contribution in [3.63, 3.8) is 0 Å². The standard InChI is InChI=1S/C15H18FN7/c1-2-23-9-19-12-13(20-11-5-3-10(16)4-6-11)21-15(18-8-7-17)22-14(12)23/h3-6,9H,2,7-8,17H2,1H3,(H2,18,20,21,22). The number of nitrogens with one attached hydrogen (secondary N) is 2. The van der Waals surface area contributed by atoms with Crippen LogP contribution >= 0.6 is 0 Å². The van der Waals surface area contributed by atoms with E-state index in [1.165, 1.54) is 12.1 Å². The van der Waals surface area contributed by atoms with Gasteiger partial charge in [-0.2, -0.15) is 9.97 Å². The lowest BCUT2D eigenvalue weighted by molar-refractivity contribution is 0.628. The first-order valence-electron chi connectivity index (χ1n) is 7.40. The van der Waals surface area contributed by atoms with E-state index in [2.05, 4.69) is 25.6 Å². The van der Waals surface area contributed by atoms with Crippen LogP contribution in [0.2, 0.25) is 0 Å². The molecule has 0 spiro atoms. The second-order valence-electron chi connectivity index (χ2n) is 4.95. The summed E-state index contributed by atoms with van der Waals surface area (Å²) in [4.78, 5) is 13.3. The Bertz CT molecular complexity index is 797. The number of aromatic nitrogens is 4. The summed E-state index contributed by atoms with van der Waals surface area (Å²) in [5.41, 5.74) is 7.63. The van der Waals surface area contributed by atoms with Gasteiger partial charge in [0.1, 0.15) is 5.82 Å². The Kier molecular flexibility index (Phi) is 4.33. The van der Waals surface area contributed by atoms with E-state index in [1.54, 1.807) is 18.5 Å². The molecule has 0 aliphatic heterocycles.